The maximum Gasteiger partial charge on any atom is 0.209 e. The number of rotatable bonds is 3. The Bertz CT molecular complexity index is 579. The molecule has 4 nitrogen and oxygen atoms in total. The van der Waals surface area contributed by atoms with Crippen molar-refractivity contribution in [3.8, 4) is 0 Å². The minimum absolute atomic E-state index is 0.0667. The normalized spacial score (nSPS) is 24.8. The number of hydrogen-bond acceptors (Lipinski definition) is 3. The van der Waals surface area contributed by atoms with E-state index in [-0.39, 0.29) is 17.1 Å². The molecular weight excluding hydrogens is 291 g/mol. The average Bonchev–Trinajstić information content (AvgIpc) is 2.62. The van der Waals surface area contributed by atoms with Crippen LogP contribution >= 0.6 is 11.6 Å². The summed E-state index contributed by atoms with van der Waals surface area (Å²) in [5.41, 5.74) is 0.725. The van der Waals surface area contributed by atoms with E-state index in [1.807, 2.05) is 11.9 Å². The van der Waals surface area contributed by atoms with E-state index in [2.05, 4.69) is 4.72 Å². The second-order valence-corrected chi connectivity index (χ2v) is 7.07. The number of nitrogens with one attached hydrogen (secondary N) is 1. The predicted octanol–water partition coefficient (Wildman–Crippen LogP) is 1.77. The quantitative estimate of drug-likeness (QED) is 0.926. The van der Waals surface area contributed by atoms with Crippen molar-refractivity contribution in [2.75, 3.05) is 19.8 Å². The van der Waals surface area contributed by atoms with Gasteiger partial charge in [0.2, 0.25) is 10.0 Å². The highest BCUT2D eigenvalue weighted by molar-refractivity contribution is 7.88. The Kier molecular flexibility index (Phi) is 4.15. The molecule has 2 rings (SSSR count). The zero-order valence-corrected chi connectivity index (χ0v) is 12.3. The molecule has 1 aliphatic rings. The third-order valence-corrected chi connectivity index (χ3v) is 4.34. The summed E-state index contributed by atoms with van der Waals surface area (Å²) in [7, 11) is -1.40. The molecular formula is C12H16ClFN2O2S. The molecule has 2 unspecified atom stereocenters. The van der Waals surface area contributed by atoms with Crippen LogP contribution in [-0.2, 0) is 10.0 Å². The molecule has 1 fully saturated rings. The molecule has 0 saturated carbocycles. The standard InChI is InChI=1S/C12H16ClFN2O2S/c1-16-6-5-11(15-19(2,17)18)12(16)8-3-4-9(13)10(14)7-8/h3-4,7,11-12,15H,5-6H2,1-2H3. The Balaban J connectivity index is 2.31. The maximum absolute atomic E-state index is 13.5. The van der Waals surface area contributed by atoms with Crippen LogP contribution in [0.3, 0.4) is 0 Å². The van der Waals surface area contributed by atoms with Gasteiger partial charge in [0.15, 0.2) is 0 Å². The molecule has 2 atom stereocenters. The number of sulfonamides is 1. The van der Waals surface area contributed by atoms with E-state index in [9.17, 15) is 12.8 Å². The molecule has 7 heteroatoms. The highest BCUT2D eigenvalue weighted by Crippen LogP contribution is 2.32. The number of hydrogen-bond donors (Lipinski definition) is 1. The largest absolute Gasteiger partial charge is 0.298 e. The van der Waals surface area contributed by atoms with Crippen molar-refractivity contribution in [3.05, 3.63) is 34.6 Å². The first-order valence-electron chi connectivity index (χ1n) is 5.90. The molecule has 1 aromatic carbocycles. The Morgan fingerprint density at radius 1 is 1.47 bits per heavy atom. The van der Waals surface area contributed by atoms with Crippen LogP contribution in [0.5, 0.6) is 0 Å². The van der Waals surface area contributed by atoms with Crippen molar-refractivity contribution in [3.63, 3.8) is 0 Å². The lowest BCUT2D eigenvalue weighted by Gasteiger charge is -2.25. The number of nitrogens with zero attached hydrogens (tertiary/aromatic N) is 1. The summed E-state index contributed by atoms with van der Waals surface area (Å²) < 4.78 is 38.9. The van der Waals surface area contributed by atoms with Crippen molar-refractivity contribution >= 4 is 21.6 Å². The molecule has 0 amide bonds. The van der Waals surface area contributed by atoms with Crippen LogP contribution in [0.25, 0.3) is 0 Å². The molecule has 1 aliphatic heterocycles. The van der Waals surface area contributed by atoms with E-state index in [1.165, 1.54) is 12.1 Å². The van der Waals surface area contributed by atoms with Crippen LogP contribution in [0, 0.1) is 5.82 Å². The van der Waals surface area contributed by atoms with Crippen LogP contribution < -0.4 is 4.72 Å². The Morgan fingerprint density at radius 3 is 2.74 bits per heavy atom. The van der Waals surface area contributed by atoms with Crippen molar-refractivity contribution in [2.24, 2.45) is 0 Å². The molecule has 0 bridgehead atoms. The first kappa shape index (κ1) is 14.7. The second kappa shape index (κ2) is 5.36. The third kappa shape index (κ3) is 3.45. The van der Waals surface area contributed by atoms with Crippen molar-refractivity contribution in [2.45, 2.75) is 18.5 Å². The molecule has 0 radical (unpaired) electrons. The van der Waals surface area contributed by atoms with E-state index in [0.29, 0.717) is 6.42 Å². The van der Waals surface area contributed by atoms with Gasteiger partial charge in [-0.15, -0.1) is 0 Å². The fourth-order valence-corrected chi connectivity index (χ4v) is 3.44. The van der Waals surface area contributed by atoms with Crippen molar-refractivity contribution in [1.29, 1.82) is 0 Å². The molecule has 106 valence electrons. The van der Waals surface area contributed by atoms with Gasteiger partial charge in [0.05, 0.1) is 17.3 Å². The Hall–Kier alpha value is -0.690. The Labute approximate surface area is 117 Å². The van der Waals surface area contributed by atoms with Crippen LogP contribution in [0.2, 0.25) is 5.02 Å². The number of halogens is 2. The number of likely N-dealkylation sites (N-methyl/N-ethyl adjacent to an activating group) is 1. The van der Waals surface area contributed by atoms with Gasteiger partial charge in [-0.25, -0.2) is 17.5 Å². The number of likely N-dealkylation sites (tertiary alicyclic amines) is 1. The lowest BCUT2D eigenvalue weighted by molar-refractivity contribution is 0.297. The smallest absolute Gasteiger partial charge is 0.209 e. The predicted molar refractivity (Wildman–Crippen MR) is 73.2 cm³/mol. The molecule has 1 N–H and O–H groups in total. The van der Waals surface area contributed by atoms with E-state index in [4.69, 9.17) is 11.6 Å². The highest BCUT2D eigenvalue weighted by Gasteiger charge is 2.34. The highest BCUT2D eigenvalue weighted by atomic mass is 35.5. The molecule has 1 aromatic rings. The topological polar surface area (TPSA) is 49.4 Å². The van der Waals surface area contributed by atoms with E-state index in [0.717, 1.165) is 18.4 Å². The van der Waals surface area contributed by atoms with E-state index >= 15 is 0 Å². The minimum Gasteiger partial charge on any atom is -0.298 e. The van der Waals surface area contributed by atoms with Gasteiger partial charge in [0.1, 0.15) is 5.82 Å². The van der Waals surface area contributed by atoms with Crippen LogP contribution in [0.4, 0.5) is 4.39 Å². The summed E-state index contributed by atoms with van der Waals surface area (Å²) in [6, 6.07) is 4.17. The molecule has 1 saturated heterocycles. The summed E-state index contributed by atoms with van der Waals surface area (Å²) in [5, 5.41) is 0.0667. The SMILES string of the molecule is CN1CCC(NS(C)(=O)=O)C1c1ccc(Cl)c(F)c1. The fourth-order valence-electron chi connectivity index (χ4n) is 2.53. The van der Waals surface area contributed by atoms with Gasteiger partial charge in [0, 0.05) is 12.6 Å². The second-order valence-electron chi connectivity index (χ2n) is 4.88. The van der Waals surface area contributed by atoms with Gasteiger partial charge < -0.3 is 0 Å². The summed E-state index contributed by atoms with van der Waals surface area (Å²) in [6.45, 7) is 0.752. The van der Waals surface area contributed by atoms with Crippen LogP contribution in [0.1, 0.15) is 18.0 Å². The van der Waals surface area contributed by atoms with Gasteiger partial charge in [0.25, 0.3) is 0 Å². The van der Waals surface area contributed by atoms with Gasteiger partial charge in [-0.2, -0.15) is 0 Å². The van der Waals surface area contributed by atoms with E-state index < -0.39 is 15.8 Å². The summed E-state index contributed by atoms with van der Waals surface area (Å²) in [5.74, 6) is -0.488. The summed E-state index contributed by atoms with van der Waals surface area (Å²) in [4.78, 5) is 2.01. The minimum atomic E-state index is -3.29. The third-order valence-electron chi connectivity index (χ3n) is 3.30. The van der Waals surface area contributed by atoms with Gasteiger partial charge in [-0.05, 0) is 31.2 Å². The molecule has 1 heterocycles. The zero-order chi connectivity index (χ0) is 14.2. The zero-order valence-electron chi connectivity index (χ0n) is 10.7. The van der Waals surface area contributed by atoms with Crippen molar-refractivity contribution < 1.29 is 12.8 Å². The first-order valence-corrected chi connectivity index (χ1v) is 8.17. The molecule has 0 spiro atoms. The Morgan fingerprint density at radius 2 is 2.16 bits per heavy atom. The lowest BCUT2D eigenvalue weighted by Crippen LogP contribution is -2.38. The van der Waals surface area contributed by atoms with Crippen LogP contribution in [0.15, 0.2) is 18.2 Å². The fraction of sp³-hybridized carbons (Fsp3) is 0.500. The maximum atomic E-state index is 13.5. The molecule has 0 aromatic heterocycles. The van der Waals surface area contributed by atoms with Crippen LogP contribution in [-0.4, -0.2) is 39.2 Å². The van der Waals surface area contributed by atoms with E-state index in [1.54, 1.807) is 6.07 Å². The first-order chi connectivity index (χ1) is 8.78. The monoisotopic (exact) mass is 306 g/mol. The lowest BCUT2D eigenvalue weighted by atomic mass is 10.0. The number of benzene rings is 1. The summed E-state index contributed by atoms with van der Waals surface area (Å²) >= 11 is 5.67. The average molecular weight is 307 g/mol. The van der Waals surface area contributed by atoms with Gasteiger partial charge >= 0.3 is 0 Å². The molecule has 0 aliphatic carbocycles. The summed E-state index contributed by atoms with van der Waals surface area (Å²) in [6.07, 6.45) is 1.82. The molecule has 19 heavy (non-hydrogen) atoms. The van der Waals surface area contributed by atoms with Gasteiger partial charge in [-0.3, -0.25) is 4.90 Å². The van der Waals surface area contributed by atoms with Crippen molar-refractivity contribution in [1.82, 2.24) is 9.62 Å². The van der Waals surface area contributed by atoms with Gasteiger partial charge in [-0.1, -0.05) is 17.7 Å².